The lowest BCUT2D eigenvalue weighted by Gasteiger charge is -2.36. The van der Waals surface area contributed by atoms with Gasteiger partial charge in [0.15, 0.2) is 11.5 Å². The SMILES string of the molecule is CCc1nnsc1C(=O)OCC(=O)N1CCN(c2ccccc2Cl)CC1. The molecule has 0 bridgehead atoms. The summed E-state index contributed by atoms with van der Waals surface area (Å²) in [4.78, 5) is 28.6. The predicted octanol–water partition coefficient (Wildman–Crippen LogP) is 2.26. The van der Waals surface area contributed by atoms with Gasteiger partial charge in [0.05, 0.1) is 16.4 Å². The first-order valence-electron chi connectivity index (χ1n) is 8.35. The lowest BCUT2D eigenvalue weighted by atomic mass is 10.2. The average Bonchev–Trinajstić information content (AvgIpc) is 3.15. The monoisotopic (exact) mass is 394 g/mol. The van der Waals surface area contributed by atoms with Gasteiger partial charge in [-0.05, 0) is 30.1 Å². The zero-order chi connectivity index (χ0) is 18.5. The number of amides is 1. The van der Waals surface area contributed by atoms with Gasteiger partial charge in [0.25, 0.3) is 5.91 Å². The Bertz CT molecular complexity index is 790. The van der Waals surface area contributed by atoms with Crippen LogP contribution < -0.4 is 4.90 Å². The van der Waals surface area contributed by atoms with Crippen molar-refractivity contribution in [2.24, 2.45) is 0 Å². The number of carbonyl (C=O) groups is 2. The molecule has 3 rings (SSSR count). The third-order valence-corrected chi connectivity index (χ3v) is 5.30. The Kier molecular flexibility index (Phi) is 6.05. The molecule has 1 aliphatic heterocycles. The molecule has 0 spiro atoms. The van der Waals surface area contributed by atoms with E-state index in [9.17, 15) is 9.59 Å². The first-order chi connectivity index (χ1) is 12.6. The molecular weight excluding hydrogens is 376 g/mol. The van der Waals surface area contributed by atoms with Crippen LogP contribution in [0.25, 0.3) is 0 Å². The van der Waals surface area contributed by atoms with E-state index in [0.29, 0.717) is 48.2 Å². The van der Waals surface area contributed by atoms with Crippen molar-refractivity contribution in [2.75, 3.05) is 37.7 Å². The molecule has 7 nitrogen and oxygen atoms in total. The van der Waals surface area contributed by atoms with Crippen molar-refractivity contribution in [3.05, 3.63) is 39.9 Å². The largest absolute Gasteiger partial charge is 0.451 e. The summed E-state index contributed by atoms with van der Waals surface area (Å²) in [7, 11) is 0. The second-order valence-electron chi connectivity index (χ2n) is 5.80. The number of carbonyl (C=O) groups excluding carboxylic acids is 2. The smallest absolute Gasteiger partial charge is 0.352 e. The summed E-state index contributed by atoms with van der Waals surface area (Å²) >= 11 is 7.21. The topological polar surface area (TPSA) is 75.6 Å². The van der Waals surface area contributed by atoms with E-state index in [0.717, 1.165) is 17.2 Å². The van der Waals surface area contributed by atoms with E-state index in [1.54, 1.807) is 4.90 Å². The molecule has 1 amide bonds. The second kappa shape index (κ2) is 8.46. The van der Waals surface area contributed by atoms with Gasteiger partial charge in [-0.25, -0.2) is 4.79 Å². The molecule has 0 saturated carbocycles. The highest BCUT2D eigenvalue weighted by molar-refractivity contribution is 7.07. The first-order valence-corrected chi connectivity index (χ1v) is 9.51. The predicted molar refractivity (Wildman–Crippen MR) is 99.8 cm³/mol. The third kappa shape index (κ3) is 4.13. The van der Waals surface area contributed by atoms with Crippen LogP contribution in [0.5, 0.6) is 0 Å². The van der Waals surface area contributed by atoms with Crippen LogP contribution >= 0.6 is 23.1 Å². The number of benzene rings is 1. The van der Waals surface area contributed by atoms with Crippen molar-refractivity contribution < 1.29 is 14.3 Å². The Morgan fingerprint density at radius 3 is 2.65 bits per heavy atom. The van der Waals surface area contributed by atoms with Crippen molar-refractivity contribution in [2.45, 2.75) is 13.3 Å². The fourth-order valence-electron chi connectivity index (χ4n) is 2.78. The van der Waals surface area contributed by atoms with E-state index in [-0.39, 0.29) is 12.5 Å². The van der Waals surface area contributed by atoms with Crippen LogP contribution in [-0.4, -0.2) is 59.1 Å². The minimum atomic E-state index is -0.542. The number of hydrogen-bond donors (Lipinski definition) is 0. The maximum Gasteiger partial charge on any atom is 0.352 e. The number of aryl methyl sites for hydroxylation is 1. The van der Waals surface area contributed by atoms with E-state index in [1.165, 1.54) is 0 Å². The maximum absolute atomic E-state index is 12.3. The van der Waals surface area contributed by atoms with Crippen LogP contribution in [0.2, 0.25) is 5.02 Å². The number of rotatable bonds is 5. The zero-order valence-electron chi connectivity index (χ0n) is 14.4. The number of esters is 1. The highest BCUT2D eigenvalue weighted by Crippen LogP contribution is 2.26. The molecule has 138 valence electrons. The molecule has 2 heterocycles. The molecule has 1 aliphatic rings. The summed E-state index contributed by atoms with van der Waals surface area (Å²) in [6.45, 7) is 4.10. The standard InChI is InChI=1S/C17H19ClN4O3S/c1-2-13-16(26-20-19-13)17(24)25-11-15(23)22-9-7-21(8-10-22)14-6-4-3-5-12(14)18/h3-6H,2,7-11H2,1H3. The summed E-state index contributed by atoms with van der Waals surface area (Å²) in [5.41, 5.74) is 1.57. The molecule has 9 heteroatoms. The normalized spacial score (nSPS) is 14.4. The summed E-state index contributed by atoms with van der Waals surface area (Å²) < 4.78 is 8.89. The van der Waals surface area contributed by atoms with Gasteiger partial charge in [-0.3, -0.25) is 4.79 Å². The van der Waals surface area contributed by atoms with Gasteiger partial charge >= 0.3 is 5.97 Å². The molecule has 0 unspecified atom stereocenters. The van der Waals surface area contributed by atoms with E-state index in [2.05, 4.69) is 14.5 Å². The van der Waals surface area contributed by atoms with Crippen molar-refractivity contribution in [1.29, 1.82) is 0 Å². The van der Waals surface area contributed by atoms with Crippen LogP contribution in [0, 0.1) is 0 Å². The maximum atomic E-state index is 12.3. The van der Waals surface area contributed by atoms with Crippen LogP contribution in [0.15, 0.2) is 24.3 Å². The van der Waals surface area contributed by atoms with Crippen molar-refractivity contribution in [1.82, 2.24) is 14.5 Å². The van der Waals surface area contributed by atoms with Crippen molar-refractivity contribution in [3.63, 3.8) is 0 Å². The fourth-order valence-corrected chi connectivity index (χ4v) is 3.68. The van der Waals surface area contributed by atoms with Crippen LogP contribution in [-0.2, 0) is 16.0 Å². The van der Waals surface area contributed by atoms with Gasteiger partial charge in [-0.1, -0.05) is 35.1 Å². The number of ether oxygens (including phenoxy) is 1. The Hall–Kier alpha value is -2.19. The van der Waals surface area contributed by atoms with Gasteiger partial charge < -0.3 is 14.5 Å². The molecule has 1 aromatic carbocycles. The Morgan fingerprint density at radius 1 is 1.23 bits per heavy atom. The highest BCUT2D eigenvalue weighted by Gasteiger charge is 2.24. The first kappa shape index (κ1) is 18.6. The Morgan fingerprint density at radius 2 is 1.96 bits per heavy atom. The summed E-state index contributed by atoms with van der Waals surface area (Å²) in [6.07, 6.45) is 0.596. The van der Waals surface area contributed by atoms with Crippen LogP contribution in [0.1, 0.15) is 22.3 Å². The van der Waals surface area contributed by atoms with Crippen LogP contribution in [0.3, 0.4) is 0 Å². The number of halogens is 1. The third-order valence-electron chi connectivity index (χ3n) is 4.23. The molecule has 2 aromatic rings. The average molecular weight is 395 g/mol. The molecule has 0 atom stereocenters. The Labute approximate surface area is 160 Å². The minimum Gasteiger partial charge on any atom is -0.451 e. The summed E-state index contributed by atoms with van der Waals surface area (Å²) in [5, 5.41) is 4.57. The molecule has 1 fully saturated rings. The molecule has 1 saturated heterocycles. The lowest BCUT2D eigenvalue weighted by Crippen LogP contribution is -2.50. The lowest BCUT2D eigenvalue weighted by molar-refractivity contribution is -0.134. The molecule has 1 aromatic heterocycles. The molecule has 0 radical (unpaired) electrons. The second-order valence-corrected chi connectivity index (χ2v) is 6.96. The number of aromatic nitrogens is 2. The van der Waals surface area contributed by atoms with Gasteiger partial charge in [0, 0.05) is 26.2 Å². The quantitative estimate of drug-likeness (QED) is 0.724. The number of nitrogens with zero attached hydrogens (tertiary/aromatic N) is 4. The molecule has 26 heavy (non-hydrogen) atoms. The molecular formula is C17H19ClN4O3S. The number of para-hydroxylation sites is 1. The van der Waals surface area contributed by atoms with Gasteiger partial charge in [-0.2, -0.15) is 0 Å². The van der Waals surface area contributed by atoms with E-state index in [4.69, 9.17) is 16.3 Å². The fraction of sp³-hybridized carbons (Fsp3) is 0.412. The summed E-state index contributed by atoms with van der Waals surface area (Å²) in [5.74, 6) is -0.743. The van der Waals surface area contributed by atoms with E-state index in [1.807, 2.05) is 31.2 Å². The van der Waals surface area contributed by atoms with Gasteiger partial charge in [-0.15, -0.1) is 5.10 Å². The van der Waals surface area contributed by atoms with Crippen molar-refractivity contribution >= 4 is 40.7 Å². The molecule has 0 aliphatic carbocycles. The molecule has 0 N–H and O–H groups in total. The van der Waals surface area contributed by atoms with E-state index >= 15 is 0 Å². The van der Waals surface area contributed by atoms with Crippen molar-refractivity contribution in [3.8, 4) is 0 Å². The number of piperazine rings is 1. The minimum absolute atomic E-state index is 0.201. The summed E-state index contributed by atoms with van der Waals surface area (Å²) in [6, 6.07) is 7.66. The van der Waals surface area contributed by atoms with Gasteiger partial charge in [0.2, 0.25) is 0 Å². The zero-order valence-corrected chi connectivity index (χ0v) is 15.9. The van der Waals surface area contributed by atoms with Gasteiger partial charge in [0.1, 0.15) is 0 Å². The number of anilines is 1. The Balaban J connectivity index is 1.50. The van der Waals surface area contributed by atoms with Crippen LogP contribution in [0.4, 0.5) is 5.69 Å². The highest BCUT2D eigenvalue weighted by atomic mass is 35.5. The van der Waals surface area contributed by atoms with E-state index < -0.39 is 5.97 Å². The number of hydrogen-bond acceptors (Lipinski definition) is 7.